The molecular formula is C18H34BNO. The van der Waals surface area contributed by atoms with Crippen LogP contribution in [0.5, 0.6) is 0 Å². The first kappa shape index (κ1) is 18.5. The van der Waals surface area contributed by atoms with Gasteiger partial charge in [0.15, 0.2) is 0 Å². The standard InChI is InChI=1S/C18H34BNO/c1-3-4-5-6-9-18(15-19)10-7-8-17(2)16-20-11-13-21-14-12-20/h8-9H,3-7,10-16,19H2,1-2H3/b17-8-,18-9+. The van der Waals surface area contributed by atoms with E-state index in [9.17, 15) is 0 Å². The van der Waals surface area contributed by atoms with Crippen LogP contribution < -0.4 is 0 Å². The van der Waals surface area contributed by atoms with Crippen molar-refractivity contribution in [3.63, 3.8) is 0 Å². The number of ether oxygens (including phenoxy) is 1. The topological polar surface area (TPSA) is 12.5 Å². The van der Waals surface area contributed by atoms with E-state index in [1.54, 1.807) is 5.57 Å². The molecule has 0 unspecified atom stereocenters. The highest BCUT2D eigenvalue weighted by Gasteiger charge is 2.09. The van der Waals surface area contributed by atoms with Crippen LogP contribution in [0.4, 0.5) is 0 Å². The minimum atomic E-state index is 0.897. The molecule has 0 amide bonds. The van der Waals surface area contributed by atoms with Crippen molar-refractivity contribution in [1.82, 2.24) is 4.90 Å². The normalized spacial score (nSPS) is 18.2. The molecule has 1 saturated heterocycles. The van der Waals surface area contributed by atoms with Crippen LogP contribution in [0.25, 0.3) is 0 Å². The summed E-state index contributed by atoms with van der Waals surface area (Å²) in [6.45, 7) is 9.62. The summed E-state index contributed by atoms with van der Waals surface area (Å²) in [5, 5.41) is 0. The molecule has 3 heteroatoms. The van der Waals surface area contributed by atoms with Crippen molar-refractivity contribution >= 4 is 7.85 Å². The third-order valence-electron chi connectivity index (χ3n) is 4.23. The quantitative estimate of drug-likeness (QED) is 0.346. The summed E-state index contributed by atoms with van der Waals surface area (Å²) in [5.74, 6) is 0. The maximum absolute atomic E-state index is 5.39. The van der Waals surface area contributed by atoms with E-state index in [0.29, 0.717) is 0 Å². The number of morpholine rings is 1. The van der Waals surface area contributed by atoms with Crippen LogP contribution in [0.15, 0.2) is 23.3 Å². The number of hydrogen-bond acceptors (Lipinski definition) is 2. The Morgan fingerprint density at radius 1 is 1.14 bits per heavy atom. The van der Waals surface area contributed by atoms with Crippen LogP contribution in [0.1, 0.15) is 52.4 Å². The molecule has 1 aliphatic heterocycles. The predicted molar refractivity (Wildman–Crippen MR) is 95.8 cm³/mol. The van der Waals surface area contributed by atoms with E-state index in [0.717, 1.165) is 32.8 Å². The lowest BCUT2D eigenvalue weighted by atomic mass is 9.92. The molecule has 120 valence electrons. The summed E-state index contributed by atoms with van der Waals surface area (Å²) >= 11 is 0. The average molecular weight is 291 g/mol. The minimum absolute atomic E-state index is 0.897. The van der Waals surface area contributed by atoms with E-state index in [4.69, 9.17) is 4.74 Å². The zero-order chi connectivity index (χ0) is 15.3. The Hall–Kier alpha value is -0.535. The molecule has 1 aliphatic rings. The van der Waals surface area contributed by atoms with Gasteiger partial charge < -0.3 is 4.74 Å². The highest BCUT2D eigenvalue weighted by Crippen LogP contribution is 2.14. The van der Waals surface area contributed by atoms with Crippen LogP contribution in [0.3, 0.4) is 0 Å². The fourth-order valence-corrected chi connectivity index (χ4v) is 2.80. The predicted octanol–water partition coefficient (Wildman–Crippen LogP) is 3.60. The zero-order valence-electron chi connectivity index (χ0n) is 14.5. The Balaban J connectivity index is 2.22. The van der Waals surface area contributed by atoms with Gasteiger partial charge in [-0.25, -0.2) is 0 Å². The molecule has 0 radical (unpaired) electrons. The van der Waals surface area contributed by atoms with Gasteiger partial charge in [-0.05, 0) is 32.6 Å². The largest absolute Gasteiger partial charge is 0.379 e. The molecule has 2 nitrogen and oxygen atoms in total. The van der Waals surface area contributed by atoms with Crippen LogP contribution in [-0.4, -0.2) is 45.6 Å². The highest BCUT2D eigenvalue weighted by atomic mass is 16.5. The average Bonchev–Trinajstić information content (AvgIpc) is 2.50. The Morgan fingerprint density at radius 2 is 1.90 bits per heavy atom. The molecule has 0 spiro atoms. The first-order chi connectivity index (χ1) is 10.3. The SMILES string of the molecule is BC/C(=C/CCCCC)CC/C=C(/C)CN1CCOCC1. The molecule has 0 aromatic rings. The fourth-order valence-electron chi connectivity index (χ4n) is 2.80. The molecule has 1 rings (SSSR count). The lowest BCUT2D eigenvalue weighted by molar-refractivity contribution is 0.0422. The Morgan fingerprint density at radius 3 is 2.57 bits per heavy atom. The van der Waals surface area contributed by atoms with Gasteiger partial charge >= 0.3 is 0 Å². The van der Waals surface area contributed by atoms with Crippen LogP contribution in [0.2, 0.25) is 6.32 Å². The van der Waals surface area contributed by atoms with Crippen LogP contribution >= 0.6 is 0 Å². The van der Waals surface area contributed by atoms with E-state index in [-0.39, 0.29) is 0 Å². The molecule has 0 aliphatic carbocycles. The van der Waals surface area contributed by atoms with Gasteiger partial charge in [0.25, 0.3) is 0 Å². The van der Waals surface area contributed by atoms with Crippen molar-refractivity contribution in [1.29, 1.82) is 0 Å². The van der Waals surface area contributed by atoms with E-state index >= 15 is 0 Å². The van der Waals surface area contributed by atoms with Gasteiger partial charge in [-0.2, -0.15) is 0 Å². The number of nitrogens with zero attached hydrogens (tertiary/aromatic N) is 1. The second kappa shape index (κ2) is 12.1. The number of hydrogen-bond donors (Lipinski definition) is 0. The molecule has 0 N–H and O–H groups in total. The summed E-state index contributed by atoms with van der Waals surface area (Å²) in [5.41, 5.74) is 3.15. The summed E-state index contributed by atoms with van der Waals surface area (Å²) in [6.07, 6.45) is 13.9. The molecule has 0 aromatic carbocycles. The van der Waals surface area contributed by atoms with Crippen LogP contribution in [0, 0.1) is 0 Å². The van der Waals surface area contributed by atoms with Gasteiger partial charge in [-0.15, -0.1) is 0 Å². The molecule has 21 heavy (non-hydrogen) atoms. The van der Waals surface area contributed by atoms with Gasteiger partial charge in [0, 0.05) is 19.6 Å². The molecular weight excluding hydrogens is 257 g/mol. The summed E-state index contributed by atoms with van der Waals surface area (Å²) in [6, 6.07) is 0. The van der Waals surface area contributed by atoms with E-state index in [2.05, 4.69) is 38.7 Å². The van der Waals surface area contributed by atoms with Gasteiger partial charge in [0.2, 0.25) is 0 Å². The lowest BCUT2D eigenvalue weighted by Crippen LogP contribution is -2.37. The van der Waals surface area contributed by atoms with Crippen molar-refractivity contribution in [2.24, 2.45) is 0 Å². The number of rotatable bonds is 10. The maximum atomic E-state index is 5.39. The van der Waals surface area contributed by atoms with E-state index in [1.165, 1.54) is 50.4 Å². The third kappa shape index (κ3) is 9.16. The number of unbranched alkanes of at least 4 members (excludes halogenated alkanes) is 3. The van der Waals surface area contributed by atoms with Crippen molar-refractivity contribution in [3.8, 4) is 0 Å². The smallest absolute Gasteiger partial charge is 0.106 e. The fraction of sp³-hybridized carbons (Fsp3) is 0.778. The third-order valence-corrected chi connectivity index (χ3v) is 4.23. The monoisotopic (exact) mass is 291 g/mol. The molecule has 0 saturated carbocycles. The Bertz CT molecular complexity index is 319. The lowest BCUT2D eigenvalue weighted by Gasteiger charge is -2.26. The molecule has 0 atom stereocenters. The summed E-state index contributed by atoms with van der Waals surface area (Å²) in [4.78, 5) is 2.50. The Labute approximate surface area is 133 Å². The van der Waals surface area contributed by atoms with Gasteiger partial charge in [0.1, 0.15) is 7.85 Å². The van der Waals surface area contributed by atoms with Gasteiger partial charge in [0.05, 0.1) is 13.2 Å². The second-order valence-corrected chi connectivity index (χ2v) is 6.19. The second-order valence-electron chi connectivity index (χ2n) is 6.19. The van der Waals surface area contributed by atoms with Crippen molar-refractivity contribution in [2.45, 2.75) is 58.7 Å². The van der Waals surface area contributed by atoms with E-state index < -0.39 is 0 Å². The van der Waals surface area contributed by atoms with Gasteiger partial charge in [-0.1, -0.05) is 49.4 Å². The minimum Gasteiger partial charge on any atom is -0.379 e. The molecule has 0 aromatic heterocycles. The van der Waals surface area contributed by atoms with Crippen molar-refractivity contribution in [2.75, 3.05) is 32.8 Å². The molecule has 1 heterocycles. The summed E-state index contributed by atoms with van der Waals surface area (Å²) in [7, 11) is 2.29. The van der Waals surface area contributed by atoms with Crippen molar-refractivity contribution < 1.29 is 4.74 Å². The highest BCUT2D eigenvalue weighted by molar-refractivity contribution is 6.10. The molecule has 1 fully saturated rings. The molecule has 0 bridgehead atoms. The zero-order valence-corrected chi connectivity index (χ0v) is 14.5. The summed E-state index contributed by atoms with van der Waals surface area (Å²) < 4.78 is 5.39. The van der Waals surface area contributed by atoms with Crippen LogP contribution in [-0.2, 0) is 4.74 Å². The maximum Gasteiger partial charge on any atom is 0.106 e. The number of allylic oxidation sites excluding steroid dienone is 3. The van der Waals surface area contributed by atoms with E-state index in [1.807, 2.05) is 0 Å². The first-order valence-corrected chi connectivity index (χ1v) is 8.89. The van der Waals surface area contributed by atoms with Gasteiger partial charge in [-0.3, -0.25) is 4.90 Å². The first-order valence-electron chi connectivity index (χ1n) is 8.89. The Kier molecular flexibility index (Phi) is 10.6. The van der Waals surface area contributed by atoms with Crippen molar-refractivity contribution in [3.05, 3.63) is 23.3 Å².